The van der Waals surface area contributed by atoms with Gasteiger partial charge in [-0.1, -0.05) is 30.0 Å². The van der Waals surface area contributed by atoms with Crippen LogP contribution in [0.2, 0.25) is 0 Å². The Labute approximate surface area is 160 Å². The molecule has 0 aliphatic carbocycles. The van der Waals surface area contributed by atoms with Crippen LogP contribution in [0, 0.1) is 5.82 Å². The lowest BCUT2D eigenvalue weighted by Crippen LogP contribution is -2.40. The maximum atomic E-state index is 13.0. The molecule has 7 heteroatoms. The summed E-state index contributed by atoms with van der Waals surface area (Å²) in [7, 11) is 0. The van der Waals surface area contributed by atoms with Gasteiger partial charge >= 0.3 is 0 Å². The predicted octanol–water partition coefficient (Wildman–Crippen LogP) is 4.33. The highest BCUT2D eigenvalue weighted by Crippen LogP contribution is 2.35. The van der Waals surface area contributed by atoms with E-state index in [1.165, 1.54) is 29.5 Å². The third-order valence-electron chi connectivity index (χ3n) is 4.57. The van der Waals surface area contributed by atoms with Crippen LogP contribution in [0.4, 0.5) is 10.1 Å². The Morgan fingerprint density at radius 3 is 2.74 bits per heavy atom. The van der Waals surface area contributed by atoms with Crippen LogP contribution in [-0.2, 0) is 11.2 Å². The lowest BCUT2D eigenvalue weighted by atomic mass is 10.1. The minimum Gasteiger partial charge on any atom is -0.411 e. The molecule has 1 amide bonds. The molecule has 0 saturated carbocycles. The van der Waals surface area contributed by atoms with Gasteiger partial charge in [0.1, 0.15) is 5.82 Å². The number of anilines is 1. The zero-order valence-corrected chi connectivity index (χ0v) is 15.7. The summed E-state index contributed by atoms with van der Waals surface area (Å²) >= 11 is 1.23. The number of benzene rings is 2. The van der Waals surface area contributed by atoms with Crippen molar-refractivity contribution in [2.24, 2.45) is 0 Å². The Morgan fingerprint density at radius 2 is 1.96 bits per heavy atom. The number of para-hydroxylation sites is 1. The normalized spacial score (nSPS) is 17.0. The van der Waals surface area contributed by atoms with Crippen molar-refractivity contribution in [3.8, 4) is 11.5 Å². The highest BCUT2D eigenvalue weighted by Gasteiger charge is 2.34. The van der Waals surface area contributed by atoms with Crippen molar-refractivity contribution in [2.45, 2.75) is 36.8 Å². The number of carbonyl (C=O) groups is 1. The zero-order chi connectivity index (χ0) is 19.0. The molecule has 0 unspecified atom stereocenters. The Kier molecular flexibility index (Phi) is 4.70. The van der Waals surface area contributed by atoms with Crippen LogP contribution in [0.5, 0.6) is 0 Å². The van der Waals surface area contributed by atoms with E-state index in [0.717, 1.165) is 12.1 Å². The van der Waals surface area contributed by atoms with E-state index in [2.05, 4.69) is 23.2 Å². The van der Waals surface area contributed by atoms with Gasteiger partial charge in [0.2, 0.25) is 11.8 Å². The third-order valence-corrected chi connectivity index (χ3v) is 5.49. The number of nitrogens with zero attached hydrogens (tertiary/aromatic N) is 3. The monoisotopic (exact) mass is 383 g/mol. The average molecular weight is 383 g/mol. The number of amides is 1. The number of thioether (sulfide) groups is 1. The summed E-state index contributed by atoms with van der Waals surface area (Å²) in [5, 5.41) is 7.94. The standard InChI is InChI=1S/C20H18FN3O2S/c1-12-11-15-5-3-4-6-17(15)24(12)19(25)13(2)27-20-23-22-18(26-20)14-7-9-16(21)10-8-14/h3-10,12-13H,11H2,1-2H3/t12-,13+/m0/s1. The maximum absolute atomic E-state index is 13.0. The molecule has 0 saturated heterocycles. The van der Waals surface area contributed by atoms with Crippen LogP contribution in [0.15, 0.2) is 58.2 Å². The molecule has 0 fully saturated rings. The summed E-state index contributed by atoms with van der Waals surface area (Å²) in [6.45, 7) is 3.89. The number of carbonyl (C=O) groups excluding carboxylic acids is 1. The van der Waals surface area contributed by atoms with Gasteiger partial charge in [-0.05, 0) is 56.2 Å². The number of halogens is 1. The van der Waals surface area contributed by atoms with Crippen LogP contribution >= 0.6 is 11.8 Å². The third kappa shape index (κ3) is 3.47. The van der Waals surface area contributed by atoms with Gasteiger partial charge in [0.25, 0.3) is 5.22 Å². The highest BCUT2D eigenvalue weighted by atomic mass is 32.2. The van der Waals surface area contributed by atoms with Crippen molar-refractivity contribution in [3.63, 3.8) is 0 Å². The van der Waals surface area contributed by atoms with Crippen LogP contribution < -0.4 is 4.90 Å². The van der Waals surface area contributed by atoms with E-state index in [9.17, 15) is 9.18 Å². The van der Waals surface area contributed by atoms with Gasteiger partial charge in [0, 0.05) is 17.3 Å². The first-order valence-corrected chi connectivity index (χ1v) is 9.58. The van der Waals surface area contributed by atoms with E-state index in [4.69, 9.17) is 4.42 Å². The molecule has 3 aromatic rings. The fourth-order valence-electron chi connectivity index (χ4n) is 3.27. The van der Waals surface area contributed by atoms with E-state index < -0.39 is 0 Å². The second-order valence-corrected chi connectivity index (χ2v) is 7.82. The number of aromatic nitrogens is 2. The molecule has 1 aromatic heterocycles. The SMILES string of the molecule is C[C@@H](Sc1nnc(-c2ccc(F)cc2)o1)C(=O)N1c2ccccc2C[C@@H]1C. The molecule has 27 heavy (non-hydrogen) atoms. The fourth-order valence-corrected chi connectivity index (χ4v) is 4.00. The molecule has 0 bridgehead atoms. The van der Waals surface area contributed by atoms with Crippen LogP contribution in [0.1, 0.15) is 19.4 Å². The molecule has 0 spiro atoms. The number of hydrogen-bond acceptors (Lipinski definition) is 5. The molecule has 5 nitrogen and oxygen atoms in total. The topological polar surface area (TPSA) is 59.2 Å². The molecule has 0 N–H and O–H groups in total. The number of hydrogen-bond donors (Lipinski definition) is 0. The first-order chi connectivity index (χ1) is 13.0. The Morgan fingerprint density at radius 1 is 1.22 bits per heavy atom. The van der Waals surface area contributed by atoms with Gasteiger partial charge in [0.15, 0.2) is 0 Å². The van der Waals surface area contributed by atoms with Gasteiger partial charge in [-0.25, -0.2) is 4.39 Å². The van der Waals surface area contributed by atoms with E-state index >= 15 is 0 Å². The smallest absolute Gasteiger partial charge is 0.277 e. The molecule has 2 atom stereocenters. The quantitative estimate of drug-likeness (QED) is 0.628. The minimum absolute atomic E-state index is 0.0129. The predicted molar refractivity (Wildman–Crippen MR) is 102 cm³/mol. The molecule has 1 aliphatic rings. The van der Waals surface area contributed by atoms with Crippen LogP contribution in [0.3, 0.4) is 0 Å². The summed E-state index contributed by atoms with van der Waals surface area (Å²) in [5.41, 5.74) is 2.80. The molecular formula is C20H18FN3O2S. The lowest BCUT2D eigenvalue weighted by molar-refractivity contribution is -0.118. The van der Waals surface area contributed by atoms with Crippen molar-refractivity contribution in [1.82, 2.24) is 10.2 Å². The zero-order valence-electron chi connectivity index (χ0n) is 14.9. The maximum Gasteiger partial charge on any atom is 0.277 e. The molecular weight excluding hydrogens is 365 g/mol. The number of rotatable bonds is 4. The van der Waals surface area contributed by atoms with Crippen molar-refractivity contribution in [1.29, 1.82) is 0 Å². The Bertz CT molecular complexity index is 973. The molecule has 2 heterocycles. The fraction of sp³-hybridized carbons (Fsp3) is 0.250. The van der Waals surface area contributed by atoms with Gasteiger partial charge in [-0.15, -0.1) is 10.2 Å². The van der Waals surface area contributed by atoms with Crippen molar-refractivity contribution in [3.05, 3.63) is 59.9 Å². The van der Waals surface area contributed by atoms with Crippen molar-refractivity contribution < 1.29 is 13.6 Å². The summed E-state index contributed by atoms with van der Waals surface area (Å²) in [6, 6.07) is 13.9. The summed E-state index contributed by atoms with van der Waals surface area (Å²) in [5.74, 6) is -0.0110. The first-order valence-electron chi connectivity index (χ1n) is 8.70. The largest absolute Gasteiger partial charge is 0.411 e. The first kappa shape index (κ1) is 17.7. The van der Waals surface area contributed by atoms with Gasteiger partial charge in [-0.3, -0.25) is 4.79 Å². The molecule has 2 aromatic carbocycles. The Hall–Kier alpha value is -2.67. The van der Waals surface area contributed by atoms with Crippen molar-refractivity contribution >= 4 is 23.4 Å². The molecule has 4 rings (SSSR count). The summed E-state index contributed by atoms with van der Waals surface area (Å²) in [4.78, 5) is 14.9. The van der Waals surface area contributed by atoms with Crippen LogP contribution in [0.25, 0.3) is 11.5 Å². The second kappa shape index (κ2) is 7.15. The molecule has 0 radical (unpaired) electrons. The van der Waals surface area contributed by atoms with Crippen LogP contribution in [-0.4, -0.2) is 27.4 Å². The Balaban J connectivity index is 1.49. The molecule has 138 valence electrons. The minimum atomic E-state index is -0.375. The van der Waals surface area contributed by atoms with E-state index in [1.54, 1.807) is 12.1 Å². The summed E-state index contributed by atoms with van der Waals surface area (Å²) in [6.07, 6.45) is 0.856. The second-order valence-electron chi connectivity index (χ2n) is 6.53. The van der Waals surface area contributed by atoms with E-state index in [1.807, 2.05) is 30.0 Å². The highest BCUT2D eigenvalue weighted by molar-refractivity contribution is 8.00. The van der Waals surface area contributed by atoms with E-state index in [0.29, 0.717) is 16.7 Å². The number of fused-ring (bicyclic) bond motifs is 1. The lowest BCUT2D eigenvalue weighted by Gasteiger charge is -2.25. The summed E-state index contributed by atoms with van der Waals surface area (Å²) < 4.78 is 18.7. The molecule has 1 aliphatic heterocycles. The average Bonchev–Trinajstić information content (AvgIpc) is 3.25. The van der Waals surface area contributed by atoms with E-state index in [-0.39, 0.29) is 23.0 Å². The van der Waals surface area contributed by atoms with Gasteiger partial charge in [-0.2, -0.15) is 0 Å². The van der Waals surface area contributed by atoms with Crippen molar-refractivity contribution in [2.75, 3.05) is 4.90 Å². The van der Waals surface area contributed by atoms with Gasteiger partial charge in [0.05, 0.1) is 5.25 Å². The van der Waals surface area contributed by atoms with Gasteiger partial charge < -0.3 is 9.32 Å².